The Balaban J connectivity index is 1.25. The van der Waals surface area contributed by atoms with Crippen molar-refractivity contribution < 1.29 is 35.9 Å². The highest BCUT2D eigenvalue weighted by Gasteiger charge is 2.62. The summed E-state index contributed by atoms with van der Waals surface area (Å²) in [5.74, 6) is 0.130. The van der Waals surface area contributed by atoms with Crippen LogP contribution >= 0.6 is 0 Å². The number of hydrogen-bond donors (Lipinski definition) is 1. The molecule has 2 aromatic carbocycles. The summed E-state index contributed by atoms with van der Waals surface area (Å²) in [4.78, 5) is 30.9. The van der Waals surface area contributed by atoms with Crippen molar-refractivity contribution in [3.8, 4) is 17.0 Å². The number of nitrogens with zero attached hydrogens (tertiary/aromatic N) is 4. The lowest BCUT2D eigenvalue weighted by Gasteiger charge is -2.42. The number of amides is 2. The van der Waals surface area contributed by atoms with Crippen molar-refractivity contribution in [3.05, 3.63) is 53.1 Å². The van der Waals surface area contributed by atoms with E-state index in [2.05, 4.69) is 21.4 Å². The van der Waals surface area contributed by atoms with E-state index in [1.165, 1.54) is 26.1 Å². The number of carbonyl (C=O) groups is 2. The molecule has 1 N–H and O–H groups in total. The van der Waals surface area contributed by atoms with Gasteiger partial charge in [-0.1, -0.05) is 25.3 Å². The zero-order valence-electron chi connectivity index (χ0n) is 33.1. The van der Waals surface area contributed by atoms with Gasteiger partial charge in [-0.15, -0.1) is 0 Å². The Labute approximate surface area is 330 Å². The maximum Gasteiger partial charge on any atom is 0.303 e. The fourth-order valence-corrected chi connectivity index (χ4v) is 11.9. The number of aromatic nitrogens is 1. The molecule has 15 heteroatoms. The number of benzene rings is 2. The van der Waals surface area contributed by atoms with Crippen LogP contribution in [0.2, 0.25) is 0 Å². The molecule has 5 heterocycles. The quantitative estimate of drug-likeness (QED) is 0.347. The van der Waals surface area contributed by atoms with Crippen LogP contribution in [0.15, 0.2) is 36.4 Å². The molecule has 13 nitrogen and oxygen atoms in total. The minimum absolute atomic E-state index is 0.0562. The zero-order chi connectivity index (χ0) is 39.7. The van der Waals surface area contributed by atoms with E-state index >= 15 is 4.79 Å². The van der Waals surface area contributed by atoms with Crippen LogP contribution < -0.4 is 9.46 Å². The van der Waals surface area contributed by atoms with E-state index in [0.29, 0.717) is 58.8 Å². The maximum absolute atomic E-state index is 15.3. The number of sulfonamides is 1. The fraction of sp³-hybridized carbons (Fsp3) is 0.610. The Bertz CT molecular complexity index is 2250. The first-order chi connectivity index (χ1) is 26.6. The van der Waals surface area contributed by atoms with Crippen LogP contribution in [0.3, 0.4) is 0 Å². The molecule has 4 aliphatic heterocycles. The first kappa shape index (κ1) is 39.3. The van der Waals surface area contributed by atoms with E-state index in [1.54, 1.807) is 37.4 Å². The number of nitrogens with one attached hydrogen (secondary N) is 1. The highest BCUT2D eigenvalue weighted by molar-refractivity contribution is 7.89. The minimum Gasteiger partial charge on any atom is -0.497 e. The van der Waals surface area contributed by atoms with Crippen LogP contribution in [0.5, 0.6) is 5.75 Å². The molecule has 2 saturated carbocycles. The molecule has 3 saturated heterocycles. The molecule has 0 radical (unpaired) electrons. The van der Waals surface area contributed by atoms with Crippen LogP contribution in [0, 0.1) is 23.2 Å². The van der Waals surface area contributed by atoms with Gasteiger partial charge in [0.2, 0.25) is 15.9 Å². The van der Waals surface area contributed by atoms with E-state index in [4.69, 9.17) is 9.47 Å². The third kappa shape index (κ3) is 6.94. The molecule has 304 valence electrons. The van der Waals surface area contributed by atoms with Gasteiger partial charge in [-0.25, -0.2) is 17.4 Å². The third-order valence-electron chi connectivity index (χ3n) is 13.0. The number of carbonyl (C=O) groups excluding carboxylic acids is 2. The van der Waals surface area contributed by atoms with Gasteiger partial charge in [0.1, 0.15) is 5.75 Å². The first-order valence-electron chi connectivity index (χ1n) is 20.1. The van der Waals surface area contributed by atoms with Gasteiger partial charge in [-0.2, -0.15) is 12.7 Å². The average molecular weight is 810 g/mol. The van der Waals surface area contributed by atoms with Crippen LogP contribution in [-0.4, -0.2) is 113 Å². The smallest absolute Gasteiger partial charge is 0.303 e. The first-order valence-corrected chi connectivity index (χ1v) is 23.0. The Hall–Kier alpha value is -3.50. The average Bonchev–Trinajstić information content (AvgIpc) is 3.72. The van der Waals surface area contributed by atoms with Crippen molar-refractivity contribution in [2.75, 3.05) is 60.6 Å². The van der Waals surface area contributed by atoms with Crippen molar-refractivity contribution >= 4 is 42.9 Å². The lowest BCUT2D eigenvalue weighted by molar-refractivity contribution is -0.142. The molecule has 5 fully saturated rings. The SMILES string of the molecule is COc1ccc2c(c1)C[C@@H]1C[C@]1(C(=O)N1C[C@H]3COC[C@@H](C1)CN(S(=O)(=O)C(C)C)C3)Cn1c-2c(C2CCCCC2)c2ccc(C(=O)NS(=O)(=O)N(C)C)cc21. The maximum atomic E-state index is 15.3. The normalized spacial score (nSPS) is 26.1. The number of rotatable bonds is 8. The van der Waals surface area contributed by atoms with Gasteiger partial charge in [-0.3, -0.25) is 9.59 Å². The van der Waals surface area contributed by atoms with Gasteiger partial charge in [-0.05, 0) is 92.8 Å². The second-order valence-electron chi connectivity index (χ2n) is 17.3. The summed E-state index contributed by atoms with van der Waals surface area (Å²) < 4.78 is 71.0. The largest absolute Gasteiger partial charge is 0.497 e. The van der Waals surface area contributed by atoms with Crippen molar-refractivity contribution in [2.24, 2.45) is 23.2 Å². The minimum atomic E-state index is -4.03. The summed E-state index contributed by atoms with van der Waals surface area (Å²) in [5, 5.41) is 0.490. The molecule has 1 aromatic heterocycles. The molecule has 9 rings (SSSR count). The van der Waals surface area contributed by atoms with Crippen molar-refractivity contribution in [1.82, 2.24) is 22.8 Å². The zero-order valence-corrected chi connectivity index (χ0v) is 34.8. The van der Waals surface area contributed by atoms with E-state index in [0.717, 1.165) is 63.5 Å². The summed E-state index contributed by atoms with van der Waals surface area (Å²) in [6.07, 6.45) is 6.91. The molecule has 2 aliphatic carbocycles. The summed E-state index contributed by atoms with van der Waals surface area (Å²) in [6, 6.07) is 11.7. The van der Waals surface area contributed by atoms with E-state index < -0.39 is 36.8 Å². The number of ether oxygens (including phenoxy) is 2. The molecular formula is C41H55N5O8S2. The Morgan fingerprint density at radius 3 is 2.29 bits per heavy atom. The molecule has 6 aliphatic rings. The molecule has 0 unspecified atom stereocenters. The Kier molecular flexibility index (Phi) is 10.3. The van der Waals surface area contributed by atoms with E-state index in [1.807, 2.05) is 17.0 Å². The monoisotopic (exact) mass is 809 g/mol. The molecule has 56 heavy (non-hydrogen) atoms. The predicted octanol–water partition coefficient (Wildman–Crippen LogP) is 4.61. The standard InChI is InChI=1S/C41H55N5O8S2/c1-26(2)55(49,50)45-21-27-19-44(20-28(22-45)24-54-23-27)40(48)41-18-32(41)15-31-16-33(53-5)12-14-34(31)38-37(29-9-7-6-8-10-29)35-13-11-30(17-36(35)46(38)25-41)39(47)42-56(51,52)43(3)4/h11-14,16-17,26-29,32H,6-10,15,18-25H2,1-5H3,(H,42,47)/t27-,28+,32-,41+/m1/s1. The van der Waals surface area contributed by atoms with Gasteiger partial charge >= 0.3 is 10.2 Å². The van der Waals surface area contributed by atoms with Crippen LogP contribution in [0.25, 0.3) is 22.2 Å². The highest BCUT2D eigenvalue weighted by Crippen LogP contribution is 2.60. The highest BCUT2D eigenvalue weighted by atomic mass is 32.2. The molecule has 3 aromatic rings. The van der Waals surface area contributed by atoms with Crippen LogP contribution in [0.4, 0.5) is 0 Å². The van der Waals surface area contributed by atoms with Gasteiger partial charge < -0.3 is 18.9 Å². The molecule has 4 atom stereocenters. The number of hydrogen-bond acceptors (Lipinski definition) is 8. The topological polar surface area (TPSA) is 148 Å². The van der Waals surface area contributed by atoms with Crippen molar-refractivity contribution in [1.29, 1.82) is 0 Å². The van der Waals surface area contributed by atoms with Crippen LogP contribution in [-0.2, 0) is 42.7 Å². The lowest BCUT2D eigenvalue weighted by atomic mass is 9.80. The summed E-state index contributed by atoms with van der Waals surface area (Å²) in [6.45, 7) is 6.07. The van der Waals surface area contributed by atoms with E-state index in [-0.39, 0.29) is 35.1 Å². The summed E-state index contributed by atoms with van der Waals surface area (Å²) in [5.41, 5.74) is 4.81. The van der Waals surface area contributed by atoms with Gasteiger partial charge in [0.15, 0.2) is 0 Å². The molecular weight excluding hydrogens is 755 g/mol. The van der Waals surface area contributed by atoms with Crippen LogP contribution in [0.1, 0.15) is 79.8 Å². The molecule has 2 amide bonds. The number of fused-ring (bicyclic) bond motifs is 12. The van der Waals surface area contributed by atoms with E-state index in [9.17, 15) is 21.6 Å². The summed E-state index contributed by atoms with van der Waals surface area (Å²) >= 11 is 0. The van der Waals surface area contributed by atoms with Gasteiger partial charge in [0, 0.05) is 80.7 Å². The second kappa shape index (κ2) is 14.7. The van der Waals surface area contributed by atoms with Crippen molar-refractivity contribution in [3.63, 3.8) is 0 Å². The number of methoxy groups -OCH3 is 1. The fourth-order valence-electron chi connectivity index (χ4n) is 9.92. The van der Waals surface area contributed by atoms with Gasteiger partial charge in [0.25, 0.3) is 5.91 Å². The molecule has 0 spiro atoms. The third-order valence-corrected chi connectivity index (χ3v) is 16.7. The predicted molar refractivity (Wildman–Crippen MR) is 214 cm³/mol. The lowest BCUT2D eigenvalue weighted by Crippen LogP contribution is -2.55. The Morgan fingerprint density at radius 1 is 0.946 bits per heavy atom. The summed E-state index contributed by atoms with van der Waals surface area (Å²) in [7, 11) is -3.10. The Morgan fingerprint density at radius 2 is 1.64 bits per heavy atom. The van der Waals surface area contributed by atoms with Gasteiger partial charge in [0.05, 0.1) is 36.7 Å². The van der Waals surface area contributed by atoms with Crippen molar-refractivity contribution in [2.45, 2.75) is 76.5 Å². The molecule has 2 bridgehead atoms. The second-order valence-corrected chi connectivity index (χ2v) is 21.7.